The number of nitriles is 1. The summed E-state index contributed by atoms with van der Waals surface area (Å²) in [5, 5.41) is 24.0. The van der Waals surface area contributed by atoms with E-state index in [-0.39, 0.29) is 35.8 Å². The molecular weight excluding hydrogens is 456 g/mol. The molecule has 3 aromatic rings. The van der Waals surface area contributed by atoms with Crippen molar-refractivity contribution < 1.29 is 19.4 Å². The van der Waals surface area contributed by atoms with Gasteiger partial charge in [-0.15, -0.1) is 0 Å². The molecule has 2 amide bonds. The second-order valence-corrected chi connectivity index (χ2v) is 9.33. The molecule has 0 unspecified atom stereocenters. The van der Waals surface area contributed by atoms with E-state index in [1.807, 2.05) is 33.8 Å². The summed E-state index contributed by atoms with van der Waals surface area (Å²) < 4.78 is 5.42. The highest BCUT2D eigenvalue weighted by molar-refractivity contribution is 6.07. The normalized spacial score (nSPS) is 10.9. The number of amides is 2. The Hall–Kier alpha value is -4.22. The van der Waals surface area contributed by atoms with Crippen LogP contribution in [0.5, 0.6) is 5.75 Å². The highest BCUT2D eigenvalue weighted by Crippen LogP contribution is 2.32. The van der Waals surface area contributed by atoms with E-state index < -0.39 is 5.91 Å². The van der Waals surface area contributed by atoms with E-state index in [0.29, 0.717) is 16.8 Å². The quantitative estimate of drug-likeness (QED) is 0.460. The van der Waals surface area contributed by atoms with Gasteiger partial charge in [0.05, 0.1) is 36.7 Å². The van der Waals surface area contributed by atoms with Crippen LogP contribution in [0.3, 0.4) is 0 Å². The van der Waals surface area contributed by atoms with E-state index >= 15 is 0 Å². The van der Waals surface area contributed by atoms with Crippen molar-refractivity contribution in [2.24, 2.45) is 0 Å². The SMILES string of the molecule is COc1c(C#N)cc(C(C)(C)C)cc1C(=O)Nc1cnc(C)c(-c2ccc(C(=O)NCCO)cc2)c1. The van der Waals surface area contributed by atoms with Crippen molar-refractivity contribution in [3.8, 4) is 22.9 Å². The minimum atomic E-state index is -0.415. The Morgan fingerprint density at radius 2 is 1.81 bits per heavy atom. The van der Waals surface area contributed by atoms with Crippen LogP contribution in [-0.4, -0.2) is 42.2 Å². The average Bonchev–Trinajstić information content (AvgIpc) is 2.86. The van der Waals surface area contributed by atoms with Gasteiger partial charge in [-0.05, 0) is 53.8 Å². The van der Waals surface area contributed by atoms with Gasteiger partial charge in [0.25, 0.3) is 11.8 Å². The second-order valence-electron chi connectivity index (χ2n) is 9.33. The third-order valence-electron chi connectivity index (χ3n) is 5.72. The summed E-state index contributed by atoms with van der Waals surface area (Å²) >= 11 is 0. The Balaban J connectivity index is 1.92. The molecule has 1 heterocycles. The number of aliphatic hydroxyl groups excluding tert-OH is 1. The number of anilines is 1. The van der Waals surface area contributed by atoms with E-state index in [2.05, 4.69) is 21.7 Å². The first-order chi connectivity index (χ1) is 17.1. The first-order valence-corrected chi connectivity index (χ1v) is 11.5. The maximum absolute atomic E-state index is 13.3. The monoisotopic (exact) mass is 486 g/mol. The summed E-state index contributed by atoms with van der Waals surface area (Å²) in [6, 6.07) is 14.4. The lowest BCUT2D eigenvalue weighted by Gasteiger charge is -2.22. The van der Waals surface area contributed by atoms with E-state index in [1.165, 1.54) is 7.11 Å². The van der Waals surface area contributed by atoms with Crippen LogP contribution in [0.2, 0.25) is 0 Å². The summed E-state index contributed by atoms with van der Waals surface area (Å²) in [5.41, 5.74) is 4.46. The Kier molecular flexibility index (Phi) is 8.07. The third-order valence-corrected chi connectivity index (χ3v) is 5.72. The molecule has 0 radical (unpaired) electrons. The number of ether oxygens (including phenoxy) is 1. The zero-order chi connectivity index (χ0) is 26.5. The van der Waals surface area contributed by atoms with Crippen LogP contribution in [0.25, 0.3) is 11.1 Å². The molecule has 0 aliphatic carbocycles. The molecule has 3 N–H and O–H groups in total. The van der Waals surface area contributed by atoms with E-state index in [4.69, 9.17) is 9.84 Å². The molecule has 0 saturated heterocycles. The van der Waals surface area contributed by atoms with Gasteiger partial charge in [-0.3, -0.25) is 14.6 Å². The number of aromatic nitrogens is 1. The van der Waals surface area contributed by atoms with Crippen LogP contribution < -0.4 is 15.4 Å². The van der Waals surface area contributed by atoms with Gasteiger partial charge in [-0.2, -0.15) is 5.26 Å². The topological polar surface area (TPSA) is 124 Å². The fourth-order valence-corrected chi connectivity index (χ4v) is 3.70. The van der Waals surface area contributed by atoms with Gasteiger partial charge in [-0.25, -0.2) is 0 Å². The standard InChI is InChI=1S/C28H30N4O4/c1-17-23(18-6-8-19(9-7-18)26(34)30-10-11-33)14-22(16-31-17)32-27(35)24-13-21(28(2,3)4)12-20(15-29)25(24)36-5/h6-9,12-14,16,33H,10-11H2,1-5H3,(H,30,34)(H,32,35). The predicted molar refractivity (Wildman–Crippen MR) is 138 cm³/mol. The molecule has 0 aliphatic rings. The number of nitrogens with zero attached hydrogens (tertiary/aromatic N) is 2. The van der Waals surface area contributed by atoms with Crippen molar-refractivity contribution in [1.82, 2.24) is 10.3 Å². The van der Waals surface area contributed by atoms with Gasteiger partial charge in [0.2, 0.25) is 0 Å². The van der Waals surface area contributed by atoms with Crippen molar-refractivity contribution in [2.75, 3.05) is 25.6 Å². The Labute approximate surface area is 211 Å². The van der Waals surface area contributed by atoms with Gasteiger partial charge in [0.1, 0.15) is 11.8 Å². The summed E-state index contributed by atoms with van der Waals surface area (Å²) in [7, 11) is 1.43. The zero-order valence-corrected chi connectivity index (χ0v) is 21.1. The number of nitrogens with one attached hydrogen (secondary N) is 2. The van der Waals surface area contributed by atoms with Crippen molar-refractivity contribution in [1.29, 1.82) is 5.26 Å². The summed E-state index contributed by atoms with van der Waals surface area (Å²) in [5.74, 6) is -0.463. The minimum absolute atomic E-state index is 0.128. The molecule has 0 atom stereocenters. The number of aliphatic hydroxyl groups is 1. The highest BCUT2D eigenvalue weighted by Gasteiger charge is 2.23. The molecular formula is C28H30N4O4. The molecule has 8 nitrogen and oxygen atoms in total. The van der Waals surface area contributed by atoms with Crippen LogP contribution in [-0.2, 0) is 5.41 Å². The van der Waals surface area contributed by atoms with Crippen LogP contribution in [0.15, 0.2) is 48.7 Å². The van der Waals surface area contributed by atoms with Crippen molar-refractivity contribution in [2.45, 2.75) is 33.1 Å². The number of rotatable bonds is 7. The Morgan fingerprint density at radius 1 is 1.11 bits per heavy atom. The van der Waals surface area contributed by atoms with Crippen LogP contribution in [0, 0.1) is 18.3 Å². The number of hydrogen-bond donors (Lipinski definition) is 3. The largest absolute Gasteiger partial charge is 0.495 e. The molecule has 0 bridgehead atoms. The summed E-state index contributed by atoms with van der Waals surface area (Å²) in [6.07, 6.45) is 1.57. The van der Waals surface area contributed by atoms with E-state index in [9.17, 15) is 14.9 Å². The molecule has 8 heteroatoms. The number of pyridine rings is 1. The van der Waals surface area contributed by atoms with Gasteiger partial charge >= 0.3 is 0 Å². The summed E-state index contributed by atoms with van der Waals surface area (Å²) in [6.45, 7) is 7.94. The van der Waals surface area contributed by atoms with Crippen LogP contribution >= 0.6 is 0 Å². The smallest absolute Gasteiger partial charge is 0.259 e. The minimum Gasteiger partial charge on any atom is -0.495 e. The molecule has 36 heavy (non-hydrogen) atoms. The van der Waals surface area contributed by atoms with Gasteiger partial charge in [0, 0.05) is 23.4 Å². The first kappa shape index (κ1) is 26.4. The molecule has 1 aromatic heterocycles. The first-order valence-electron chi connectivity index (χ1n) is 11.5. The molecule has 186 valence electrons. The van der Waals surface area contributed by atoms with Gasteiger partial charge in [0.15, 0.2) is 0 Å². The molecule has 0 saturated carbocycles. The fourth-order valence-electron chi connectivity index (χ4n) is 3.70. The predicted octanol–water partition coefficient (Wildman–Crippen LogP) is 4.21. The lowest BCUT2D eigenvalue weighted by Crippen LogP contribution is -2.26. The molecule has 0 aliphatic heterocycles. The number of carbonyl (C=O) groups excluding carboxylic acids is 2. The lowest BCUT2D eigenvalue weighted by atomic mass is 9.84. The molecule has 2 aromatic carbocycles. The average molecular weight is 487 g/mol. The molecule has 0 spiro atoms. The second kappa shape index (κ2) is 11.0. The van der Waals surface area contributed by atoms with E-state index in [1.54, 1.807) is 42.6 Å². The number of benzene rings is 2. The highest BCUT2D eigenvalue weighted by atomic mass is 16.5. The van der Waals surface area contributed by atoms with Crippen LogP contribution in [0.1, 0.15) is 58.3 Å². The van der Waals surface area contributed by atoms with Gasteiger partial charge < -0.3 is 20.5 Å². The van der Waals surface area contributed by atoms with Crippen LogP contribution in [0.4, 0.5) is 5.69 Å². The lowest BCUT2D eigenvalue weighted by molar-refractivity contribution is 0.0944. The number of aryl methyl sites for hydroxylation is 1. The maximum Gasteiger partial charge on any atom is 0.259 e. The third kappa shape index (κ3) is 5.88. The number of hydrogen-bond acceptors (Lipinski definition) is 6. The van der Waals surface area contributed by atoms with Crippen molar-refractivity contribution in [3.05, 3.63) is 76.6 Å². The molecule has 3 rings (SSSR count). The number of methoxy groups -OCH3 is 1. The van der Waals surface area contributed by atoms with Crippen molar-refractivity contribution in [3.63, 3.8) is 0 Å². The Morgan fingerprint density at radius 3 is 2.39 bits per heavy atom. The van der Waals surface area contributed by atoms with Crippen molar-refractivity contribution >= 4 is 17.5 Å². The van der Waals surface area contributed by atoms with Gasteiger partial charge in [-0.1, -0.05) is 32.9 Å². The Bertz CT molecular complexity index is 1320. The molecule has 0 fully saturated rings. The summed E-state index contributed by atoms with van der Waals surface area (Å²) in [4.78, 5) is 29.8. The number of carbonyl (C=O) groups is 2. The zero-order valence-electron chi connectivity index (χ0n) is 21.1. The fraction of sp³-hybridized carbons (Fsp3) is 0.286. The van der Waals surface area contributed by atoms with E-state index in [0.717, 1.165) is 22.4 Å². The maximum atomic E-state index is 13.3.